The number of rotatable bonds is 6. The minimum absolute atomic E-state index is 0.188. The van der Waals surface area contributed by atoms with Gasteiger partial charge < -0.3 is 10.1 Å². The zero-order valence-electron chi connectivity index (χ0n) is 15.9. The number of halogens is 1. The van der Waals surface area contributed by atoms with Gasteiger partial charge in [-0.05, 0) is 55.4 Å². The van der Waals surface area contributed by atoms with Crippen LogP contribution in [-0.2, 0) is 14.3 Å². The Morgan fingerprint density at radius 2 is 1.96 bits per heavy atom. The van der Waals surface area contributed by atoms with Gasteiger partial charge in [0.15, 0.2) is 6.61 Å². The van der Waals surface area contributed by atoms with E-state index in [0.717, 1.165) is 33.3 Å². The number of amides is 1. The van der Waals surface area contributed by atoms with Crippen molar-refractivity contribution in [1.29, 1.82) is 0 Å². The molecule has 1 aromatic carbocycles. The molecular weight excluding hydrogens is 414 g/mol. The maximum atomic E-state index is 12.1. The lowest BCUT2D eigenvalue weighted by atomic mass is 9.78. The van der Waals surface area contributed by atoms with Crippen molar-refractivity contribution in [2.75, 3.05) is 12.4 Å². The van der Waals surface area contributed by atoms with Gasteiger partial charge in [0.2, 0.25) is 0 Å². The summed E-state index contributed by atoms with van der Waals surface area (Å²) in [4.78, 5) is 25.1. The molecule has 3 atom stereocenters. The Labute approximate surface area is 169 Å². The second-order valence-electron chi connectivity index (χ2n) is 7.26. The Balaban J connectivity index is 1.74. The predicted molar refractivity (Wildman–Crippen MR) is 109 cm³/mol. The lowest BCUT2D eigenvalue weighted by molar-refractivity contribution is -0.146. The maximum Gasteiger partial charge on any atom is 0.316 e. The van der Waals surface area contributed by atoms with E-state index in [4.69, 9.17) is 4.74 Å². The topological polar surface area (TPSA) is 55.4 Å². The van der Waals surface area contributed by atoms with Crippen LogP contribution in [0.2, 0.25) is 0 Å². The predicted octanol–water partition coefficient (Wildman–Crippen LogP) is 4.64. The molecule has 26 heavy (non-hydrogen) atoms. The summed E-state index contributed by atoms with van der Waals surface area (Å²) < 4.78 is 6.20. The first-order valence-corrected chi connectivity index (χ1v) is 10.9. The van der Waals surface area contributed by atoms with Crippen LogP contribution in [0.25, 0.3) is 0 Å². The fraction of sp³-hybridized carbons (Fsp3) is 0.600. The monoisotopic (exact) mass is 441 g/mol. The van der Waals surface area contributed by atoms with Gasteiger partial charge in [-0.25, -0.2) is 0 Å². The van der Waals surface area contributed by atoms with Crippen molar-refractivity contribution in [3.05, 3.63) is 27.7 Å². The molecule has 1 aromatic rings. The molecular formula is C20H28BrNO3S. The summed E-state index contributed by atoms with van der Waals surface area (Å²) in [7, 11) is 0. The van der Waals surface area contributed by atoms with Crippen molar-refractivity contribution in [2.24, 2.45) is 11.8 Å². The van der Waals surface area contributed by atoms with Gasteiger partial charge in [-0.15, -0.1) is 11.8 Å². The number of thioether (sulfide) groups is 1. The third kappa shape index (κ3) is 6.02. The molecule has 0 unspecified atom stereocenters. The second kappa shape index (κ2) is 9.79. The number of hydrogen-bond acceptors (Lipinski definition) is 4. The molecule has 1 aliphatic carbocycles. The molecule has 1 saturated carbocycles. The molecule has 1 fully saturated rings. The Morgan fingerprint density at radius 1 is 1.23 bits per heavy atom. The molecule has 1 amide bonds. The number of carbonyl (C=O) groups is 2. The van der Waals surface area contributed by atoms with Gasteiger partial charge in [0, 0.05) is 15.4 Å². The summed E-state index contributed by atoms with van der Waals surface area (Å²) in [5.41, 5.74) is 2.24. The van der Waals surface area contributed by atoms with Crippen LogP contribution < -0.4 is 5.32 Å². The third-order valence-electron chi connectivity index (χ3n) is 5.22. The molecule has 0 aromatic heterocycles. The number of esters is 1. The SMILES string of the molecule is Cc1cc(SCC(=O)OCC(=O)N[C@@H]2CCC[C@@H](C)[C@@H]2C)c(C)cc1Br. The third-order valence-corrected chi connectivity index (χ3v) is 7.20. The zero-order valence-corrected chi connectivity index (χ0v) is 18.3. The van der Waals surface area contributed by atoms with Gasteiger partial charge in [-0.1, -0.05) is 42.6 Å². The summed E-state index contributed by atoms with van der Waals surface area (Å²) in [6.07, 6.45) is 3.36. The largest absolute Gasteiger partial charge is 0.455 e. The van der Waals surface area contributed by atoms with E-state index >= 15 is 0 Å². The van der Waals surface area contributed by atoms with Crippen LogP contribution in [0.15, 0.2) is 21.5 Å². The molecule has 6 heteroatoms. The van der Waals surface area contributed by atoms with Crippen LogP contribution in [0.1, 0.15) is 44.2 Å². The quantitative estimate of drug-likeness (QED) is 0.515. The summed E-state index contributed by atoms with van der Waals surface area (Å²) in [5.74, 6) is 0.708. The zero-order chi connectivity index (χ0) is 19.3. The molecule has 0 spiro atoms. The van der Waals surface area contributed by atoms with E-state index in [-0.39, 0.29) is 30.3 Å². The molecule has 0 saturated heterocycles. The average Bonchev–Trinajstić information content (AvgIpc) is 2.59. The second-order valence-corrected chi connectivity index (χ2v) is 9.13. The van der Waals surface area contributed by atoms with Crippen LogP contribution in [-0.4, -0.2) is 30.3 Å². The number of nitrogens with one attached hydrogen (secondary N) is 1. The molecule has 1 N–H and O–H groups in total. The van der Waals surface area contributed by atoms with Gasteiger partial charge >= 0.3 is 5.97 Å². The molecule has 1 aliphatic rings. The minimum atomic E-state index is -0.366. The van der Waals surface area contributed by atoms with Crippen molar-refractivity contribution in [3.63, 3.8) is 0 Å². The molecule has 0 radical (unpaired) electrons. The van der Waals surface area contributed by atoms with E-state index in [2.05, 4.69) is 41.2 Å². The van der Waals surface area contributed by atoms with Crippen LogP contribution in [0, 0.1) is 25.7 Å². The lowest BCUT2D eigenvalue weighted by Gasteiger charge is -2.34. The molecule has 2 rings (SSSR count). The average molecular weight is 442 g/mol. The van der Waals surface area contributed by atoms with E-state index in [1.807, 2.05) is 19.9 Å². The number of carbonyl (C=O) groups excluding carboxylic acids is 2. The van der Waals surface area contributed by atoms with Crippen molar-refractivity contribution in [3.8, 4) is 0 Å². The number of aryl methyl sites for hydroxylation is 2. The van der Waals surface area contributed by atoms with Crippen molar-refractivity contribution >= 4 is 39.6 Å². The number of ether oxygens (including phenoxy) is 1. The summed E-state index contributed by atoms with van der Waals surface area (Å²) in [6, 6.07) is 4.28. The van der Waals surface area contributed by atoms with Gasteiger partial charge in [0.1, 0.15) is 0 Å². The fourth-order valence-electron chi connectivity index (χ4n) is 3.27. The first kappa shape index (κ1) is 21.3. The van der Waals surface area contributed by atoms with Crippen LogP contribution in [0.4, 0.5) is 0 Å². The Kier molecular flexibility index (Phi) is 8.02. The molecule has 4 nitrogen and oxygen atoms in total. The van der Waals surface area contributed by atoms with E-state index in [0.29, 0.717) is 11.8 Å². The Morgan fingerprint density at radius 3 is 2.69 bits per heavy atom. The molecule has 0 aliphatic heterocycles. The van der Waals surface area contributed by atoms with E-state index in [1.165, 1.54) is 18.2 Å². The lowest BCUT2D eigenvalue weighted by Crippen LogP contribution is -2.45. The Bertz CT molecular complexity index is 665. The molecule has 0 heterocycles. The van der Waals surface area contributed by atoms with Crippen LogP contribution >= 0.6 is 27.7 Å². The van der Waals surface area contributed by atoms with Gasteiger partial charge in [-0.3, -0.25) is 9.59 Å². The van der Waals surface area contributed by atoms with E-state index in [9.17, 15) is 9.59 Å². The fourth-order valence-corrected chi connectivity index (χ4v) is 4.63. The first-order valence-electron chi connectivity index (χ1n) is 9.12. The number of hydrogen-bond donors (Lipinski definition) is 1. The highest BCUT2D eigenvalue weighted by Gasteiger charge is 2.28. The first-order chi connectivity index (χ1) is 12.3. The highest BCUT2D eigenvalue weighted by atomic mass is 79.9. The number of benzene rings is 1. The van der Waals surface area contributed by atoms with Crippen LogP contribution in [0.3, 0.4) is 0 Å². The maximum absolute atomic E-state index is 12.1. The normalized spacial score (nSPS) is 22.7. The smallest absolute Gasteiger partial charge is 0.316 e. The summed E-state index contributed by atoms with van der Waals surface area (Å²) in [6.45, 7) is 8.24. The van der Waals surface area contributed by atoms with Crippen molar-refractivity contribution in [2.45, 2.75) is 57.9 Å². The van der Waals surface area contributed by atoms with Crippen LogP contribution in [0.5, 0.6) is 0 Å². The molecule has 0 bridgehead atoms. The Hall–Kier alpha value is -1.01. The summed E-state index contributed by atoms with van der Waals surface area (Å²) in [5, 5.41) is 3.02. The van der Waals surface area contributed by atoms with E-state index < -0.39 is 0 Å². The summed E-state index contributed by atoms with van der Waals surface area (Å²) >= 11 is 4.94. The highest BCUT2D eigenvalue weighted by Crippen LogP contribution is 2.30. The highest BCUT2D eigenvalue weighted by molar-refractivity contribution is 9.10. The standard InChI is InChI=1S/C20H28BrNO3S/c1-12-6-5-7-17(15(12)4)22-19(23)10-25-20(24)11-26-18-9-13(2)16(21)8-14(18)3/h8-9,12,15,17H,5-7,10-11H2,1-4H3,(H,22,23)/t12-,15+,17-/m1/s1. The van der Waals surface area contributed by atoms with Gasteiger partial charge in [0.25, 0.3) is 5.91 Å². The van der Waals surface area contributed by atoms with Crippen molar-refractivity contribution in [1.82, 2.24) is 5.32 Å². The minimum Gasteiger partial charge on any atom is -0.455 e. The van der Waals surface area contributed by atoms with Gasteiger partial charge in [0.05, 0.1) is 5.75 Å². The van der Waals surface area contributed by atoms with Crippen molar-refractivity contribution < 1.29 is 14.3 Å². The van der Waals surface area contributed by atoms with Gasteiger partial charge in [-0.2, -0.15) is 0 Å². The molecule has 144 valence electrons. The van der Waals surface area contributed by atoms with E-state index in [1.54, 1.807) is 0 Å².